The summed E-state index contributed by atoms with van der Waals surface area (Å²) in [6, 6.07) is 5.43. The molecule has 1 heterocycles. The molecule has 0 aliphatic rings. The molecule has 4 nitrogen and oxygen atoms in total. The number of rotatable bonds is 5. The van der Waals surface area contributed by atoms with Crippen LogP contribution < -0.4 is 0 Å². The Hall–Kier alpha value is -0.880. The van der Waals surface area contributed by atoms with Gasteiger partial charge >= 0.3 is 0 Å². The van der Waals surface area contributed by atoms with Gasteiger partial charge in [-0.25, -0.2) is 4.98 Å². The zero-order valence-corrected chi connectivity index (χ0v) is 15.8. The first-order chi connectivity index (χ1) is 10.6. The van der Waals surface area contributed by atoms with E-state index in [0.717, 1.165) is 5.56 Å². The molecule has 0 saturated heterocycles. The topological polar surface area (TPSA) is 53.8 Å². The van der Waals surface area contributed by atoms with Gasteiger partial charge in [-0.2, -0.15) is 0 Å². The molecular weight excluding hydrogens is 353 g/mol. The lowest BCUT2D eigenvalue weighted by Gasteiger charge is -2.40. The molecule has 0 spiro atoms. The monoisotopic (exact) mass is 373 g/mol. The largest absolute Gasteiger partial charge is 0.387 e. The molecule has 0 bridgehead atoms. The summed E-state index contributed by atoms with van der Waals surface area (Å²) < 4.78 is 2.11. The van der Waals surface area contributed by atoms with Crippen molar-refractivity contribution >= 4 is 35.4 Å². The number of hydrogen-bond acceptors (Lipinski definition) is 3. The lowest BCUT2D eigenvalue weighted by atomic mass is 9.73. The first kappa shape index (κ1) is 18.5. The summed E-state index contributed by atoms with van der Waals surface area (Å²) in [4.78, 5) is 4.00. The van der Waals surface area contributed by atoms with E-state index in [1.165, 1.54) is 6.33 Å². The van der Waals surface area contributed by atoms with Crippen molar-refractivity contribution in [2.24, 2.45) is 5.41 Å². The van der Waals surface area contributed by atoms with Crippen LogP contribution in [0.2, 0.25) is 10.0 Å². The molecule has 0 saturated carbocycles. The Balaban J connectivity index is 2.22. The molecule has 0 radical (unpaired) electrons. The number of hydrogen-bond donors (Lipinski definition) is 2. The van der Waals surface area contributed by atoms with Crippen molar-refractivity contribution < 1.29 is 5.11 Å². The maximum atomic E-state index is 11.3. The third-order valence-electron chi connectivity index (χ3n) is 4.26. The number of aromatic nitrogens is 3. The van der Waals surface area contributed by atoms with E-state index in [-0.39, 0.29) is 5.41 Å². The lowest BCUT2D eigenvalue weighted by Crippen LogP contribution is -2.47. The molecule has 23 heavy (non-hydrogen) atoms. The SMILES string of the molecule is CC(C)(C)C(O)(CCc1ccc(Cl)cc1Cl)Cn1[nH]cnc1=S. The van der Waals surface area contributed by atoms with E-state index in [1.54, 1.807) is 10.7 Å². The van der Waals surface area contributed by atoms with E-state index in [9.17, 15) is 5.11 Å². The summed E-state index contributed by atoms with van der Waals surface area (Å²) in [5, 5.41) is 15.4. The Morgan fingerprint density at radius 3 is 2.52 bits per heavy atom. The van der Waals surface area contributed by atoms with Gasteiger partial charge < -0.3 is 5.11 Å². The summed E-state index contributed by atoms with van der Waals surface area (Å²) >= 11 is 17.3. The van der Waals surface area contributed by atoms with Gasteiger partial charge in [0, 0.05) is 10.0 Å². The van der Waals surface area contributed by atoms with Crippen molar-refractivity contribution in [2.75, 3.05) is 0 Å². The van der Waals surface area contributed by atoms with Gasteiger partial charge in [0.25, 0.3) is 0 Å². The second-order valence-electron chi connectivity index (χ2n) is 6.77. The standard InChI is InChI=1S/C16H21Cl2N3OS/c1-15(2,3)16(22,9-21-14(23)19-10-20-21)7-6-11-4-5-12(17)8-13(11)18/h4-5,8,10,22H,6-7,9H2,1-3H3,(H,19,20,23). The average molecular weight is 374 g/mol. The number of H-pyrrole nitrogens is 1. The van der Waals surface area contributed by atoms with Crippen LogP contribution >= 0.6 is 35.4 Å². The summed E-state index contributed by atoms with van der Waals surface area (Å²) in [6.45, 7) is 6.38. The quantitative estimate of drug-likeness (QED) is 0.749. The molecule has 1 aromatic carbocycles. The van der Waals surface area contributed by atoms with Crippen LogP contribution in [0.1, 0.15) is 32.8 Å². The third kappa shape index (κ3) is 4.35. The fraction of sp³-hybridized carbons (Fsp3) is 0.500. The average Bonchev–Trinajstić information content (AvgIpc) is 2.82. The van der Waals surface area contributed by atoms with E-state index in [0.29, 0.717) is 34.2 Å². The van der Waals surface area contributed by atoms with Crippen LogP contribution in [0.4, 0.5) is 0 Å². The van der Waals surface area contributed by atoms with E-state index >= 15 is 0 Å². The summed E-state index contributed by atoms with van der Waals surface area (Å²) in [5.41, 5.74) is -0.348. The lowest BCUT2D eigenvalue weighted by molar-refractivity contribution is -0.0798. The molecule has 0 aliphatic carbocycles. The molecule has 0 amide bonds. The zero-order chi connectivity index (χ0) is 17.3. The minimum absolute atomic E-state index is 0.341. The van der Waals surface area contributed by atoms with Crippen LogP contribution in [0, 0.1) is 10.2 Å². The van der Waals surface area contributed by atoms with Crippen LogP contribution in [-0.4, -0.2) is 25.5 Å². The maximum absolute atomic E-state index is 11.3. The van der Waals surface area contributed by atoms with Gasteiger partial charge in [-0.05, 0) is 48.2 Å². The highest BCUT2D eigenvalue weighted by Crippen LogP contribution is 2.36. The van der Waals surface area contributed by atoms with Crippen molar-refractivity contribution in [1.29, 1.82) is 0 Å². The summed E-state index contributed by atoms with van der Waals surface area (Å²) in [5.74, 6) is 0. The number of benzene rings is 1. The first-order valence-electron chi connectivity index (χ1n) is 7.39. The van der Waals surface area contributed by atoms with Crippen molar-refractivity contribution in [3.63, 3.8) is 0 Å². The molecule has 0 fully saturated rings. The van der Waals surface area contributed by atoms with Crippen molar-refractivity contribution in [1.82, 2.24) is 14.8 Å². The maximum Gasteiger partial charge on any atom is 0.215 e. The first-order valence-corrected chi connectivity index (χ1v) is 8.55. The second-order valence-corrected chi connectivity index (χ2v) is 7.98. The van der Waals surface area contributed by atoms with Crippen LogP contribution in [0.3, 0.4) is 0 Å². The van der Waals surface area contributed by atoms with Gasteiger partial charge in [-0.3, -0.25) is 9.78 Å². The third-order valence-corrected chi connectivity index (χ3v) is 5.17. The number of nitrogens with one attached hydrogen (secondary N) is 1. The highest BCUT2D eigenvalue weighted by Gasteiger charge is 2.40. The van der Waals surface area contributed by atoms with E-state index in [1.807, 2.05) is 32.9 Å². The molecule has 2 rings (SSSR count). The highest BCUT2D eigenvalue weighted by atomic mass is 35.5. The zero-order valence-electron chi connectivity index (χ0n) is 13.4. The molecule has 1 aromatic heterocycles. The summed E-state index contributed by atoms with van der Waals surface area (Å²) in [7, 11) is 0. The predicted molar refractivity (Wildman–Crippen MR) is 96.6 cm³/mol. The Bertz CT molecular complexity index is 735. The van der Waals surface area contributed by atoms with Gasteiger partial charge in [0.1, 0.15) is 6.33 Å². The van der Waals surface area contributed by atoms with Gasteiger partial charge in [0.2, 0.25) is 4.77 Å². The molecule has 7 heteroatoms. The molecule has 0 aliphatic heterocycles. The van der Waals surface area contributed by atoms with Crippen LogP contribution in [-0.2, 0) is 13.0 Å². The van der Waals surface area contributed by atoms with Gasteiger partial charge in [0.15, 0.2) is 0 Å². The molecule has 126 valence electrons. The van der Waals surface area contributed by atoms with E-state index in [2.05, 4.69) is 10.1 Å². The second kappa shape index (κ2) is 6.93. The minimum atomic E-state index is -0.972. The number of halogens is 2. The number of aryl methyl sites for hydroxylation is 1. The Kier molecular flexibility index (Phi) is 5.56. The van der Waals surface area contributed by atoms with Crippen molar-refractivity contribution in [2.45, 2.75) is 45.8 Å². The van der Waals surface area contributed by atoms with Gasteiger partial charge in [-0.1, -0.05) is 50.0 Å². The summed E-state index contributed by atoms with van der Waals surface area (Å²) in [6.07, 6.45) is 2.71. The Labute approximate surface area is 151 Å². The highest BCUT2D eigenvalue weighted by molar-refractivity contribution is 7.71. The number of aliphatic hydroxyl groups is 1. The Morgan fingerprint density at radius 1 is 1.30 bits per heavy atom. The normalized spacial score (nSPS) is 14.7. The van der Waals surface area contributed by atoms with Crippen LogP contribution in [0.25, 0.3) is 0 Å². The fourth-order valence-electron chi connectivity index (χ4n) is 2.41. The molecule has 1 atom stereocenters. The minimum Gasteiger partial charge on any atom is -0.387 e. The smallest absolute Gasteiger partial charge is 0.215 e. The van der Waals surface area contributed by atoms with Crippen LogP contribution in [0.5, 0.6) is 0 Å². The van der Waals surface area contributed by atoms with Crippen molar-refractivity contribution in [3.8, 4) is 0 Å². The Morgan fingerprint density at radius 2 is 2.00 bits per heavy atom. The van der Waals surface area contributed by atoms with Crippen LogP contribution in [0.15, 0.2) is 24.5 Å². The number of aromatic amines is 1. The fourth-order valence-corrected chi connectivity index (χ4v) is 3.08. The van der Waals surface area contributed by atoms with Gasteiger partial charge in [0.05, 0.1) is 12.1 Å². The van der Waals surface area contributed by atoms with Crippen molar-refractivity contribution in [3.05, 3.63) is 44.9 Å². The molecule has 2 aromatic rings. The van der Waals surface area contributed by atoms with E-state index in [4.69, 9.17) is 35.4 Å². The predicted octanol–water partition coefficient (Wildman–Crippen LogP) is 4.66. The van der Waals surface area contributed by atoms with E-state index < -0.39 is 5.60 Å². The number of nitrogens with zero attached hydrogens (tertiary/aromatic N) is 2. The van der Waals surface area contributed by atoms with Gasteiger partial charge in [-0.15, -0.1) is 0 Å². The molecule has 1 unspecified atom stereocenters. The molecular formula is C16H21Cl2N3OS. The molecule has 2 N–H and O–H groups in total.